The van der Waals surface area contributed by atoms with Gasteiger partial charge in [-0.2, -0.15) is 0 Å². The van der Waals surface area contributed by atoms with Crippen LogP contribution < -0.4 is 9.47 Å². The third-order valence-electron chi connectivity index (χ3n) is 5.84. The zero-order valence-electron chi connectivity index (χ0n) is 15.4. The first-order valence-electron chi connectivity index (χ1n) is 9.74. The molecule has 4 rings (SSSR count). The molecule has 0 aromatic heterocycles. The van der Waals surface area contributed by atoms with E-state index in [-0.39, 0.29) is 5.92 Å². The van der Waals surface area contributed by atoms with Crippen LogP contribution >= 0.6 is 11.6 Å². The Kier molecular flexibility index (Phi) is 5.76. The first-order chi connectivity index (χ1) is 13.1. The van der Waals surface area contributed by atoms with Gasteiger partial charge in [-0.1, -0.05) is 11.6 Å². The monoisotopic (exact) mass is 395 g/mol. The van der Waals surface area contributed by atoms with Gasteiger partial charge in [0.05, 0.1) is 30.8 Å². The fourth-order valence-corrected chi connectivity index (χ4v) is 4.77. The molecule has 6 nitrogen and oxygen atoms in total. The van der Waals surface area contributed by atoms with Crippen molar-refractivity contribution in [2.75, 3.05) is 39.5 Å². The second-order valence-corrected chi connectivity index (χ2v) is 8.07. The van der Waals surface area contributed by atoms with E-state index in [1.165, 1.54) is 0 Å². The number of piperidine rings is 1. The van der Waals surface area contributed by atoms with Crippen LogP contribution in [-0.2, 0) is 16.0 Å². The number of carboxylic acid groups (broad SMARTS) is 1. The van der Waals surface area contributed by atoms with Gasteiger partial charge in [-0.05, 0) is 42.9 Å². The number of rotatable bonds is 4. The largest absolute Gasteiger partial charge is 0.489 e. The maximum atomic E-state index is 11.6. The van der Waals surface area contributed by atoms with E-state index in [1.54, 1.807) is 0 Å². The van der Waals surface area contributed by atoms with Crippen LogP contribution in [0.5, 0.6) is 11.5 Å². The first-order valence-corrected chi connectivity index (χ1v) is 10.1. The lowest BCUT2D eigenvalue weighted by atomic mass is 9.81. The molecule has 7 heteroatoms. The zero-order valence-corrected chi connectivity index (χ0v) is 16.1. The highest BCUT2D eigenvalue weighted by atomic mass is 35.5. The van der Waals surface area contributed by atoms with Crippen molar-refractivity contribution in [3.63, 3.8) is 0 Å². The summed E-state index contributed by atoms with van der Waals surface area (Å²) in [5.74, 6) is 0.622. The molecule has 2 fully saturated rings. The zero-order chi connectivity index (χ0) is 18.8. The highest BCUT2D eigenvalue weighted by Gasteiger charge is 2.40. The van der Waals surface area contributed by atoms with Crippen LogP contribution in [0.15, 0.2) is 12.1 Å². The predicted octanol–water partition coefficient (Wildman–Crippen LogP) is 2.86. The van der Waals surface area contributed by atoms with Crippen molar-refractivity contribution in [1.82, 2.24) is 4.90 Å². The molecule has 3 aliphatic heterocycles. The number of fused-ring (bicyclic) bond motifs is 2. The molecule has 1 N–H and O–H groups in total. The maximum absolute atomic E-state index is 11.6. The number of benzene rings is 1. The maximum Gasteiger partial charge on any atom is 0.307 e. The number of carboxylic acids is 1. The summed E-state index contributed by atoms with van der Waals surface area (Å²) in [6.07, 6.45) is 3.33. The third kappa shape index (κ3) is 4.18. The molecule has 3 heterocycles. The average Bonchev–Trinajstić information content (AvgIpc) is 2.91. The minimum absolute atomic E-state index is 0.306. The molecular weight excluding hydrogens is 370 g/mol. The van der Waals surface area contributed by atoms with Crippen LogP contribution in [0.25, 0.3) is 0 Å². The van der Waals surface area contributed by atoms with Gasteiger partial charge >= 0.3 is 5.97 Å². The molecule has 1 aromatic carbocycles. The van der Waals surface area contributed by atoms with Crippen LogP contribution in [0.1, 0.15) is 24.8 Å². The SMILES string of the molecule is O=C(O)[C@@H]1C[C@@H]2COCC[C@H]2N(CCc2cc(Cl)c3c(c2)OCCCO3)C1. The third-order valence-corrected chi connectivity index (χ3v) is 6.12. The van der Waals surface area contributed by atoms with E-state index in [0.29, 0.717) is 61.3 Å². The summed E-state index contributed by atoms with van der Waals surface area (Å²) in [6.45, 7) is 4.08. The minimum Gasteiger partial charge on any atom is -0.489 e. The Morgan fingerprint density at radius 3 is 2.96 bits per heavy atom. The standard InChI is InChI=1S/C20H26ClNO5/c21-16-8-13(9-18-19(16)27-6-1-5-26-18)2-4-22-11-14(20(23)24)10-15-12-25-7-3-17(15)22/h8-9,14-15,17H,1-7,10-12H2,(H,23,24)/t14-,15-,17-/m1/s1. The van der Waals surface area contributed by atoms with Crippen molar-refractivity contribution in [3.05, 3.63) is 22.7 Å². The second-order valence-electron chi connectivity index (χ2n) is 7.66. The highest BCUT2D eigenvalue weighted by molar-refractivity contribution is 6.32. The number of nitrogens with zero attached hydrogens (tertiary/aromatic N) is 1. The number of aliphatic carboxylic acids is 1. The normalized spacial score (nSPS) is 28.3. The Morgan fingerprint density at radius 1 is 1.26 bits per heavy atom. The lowest BCUT2D eigenvalue weighted by molar-refractivity contribution is -0.147. The molecule has 0 saturated carbocycles. The molecule has 0 spiro atoms. The van der Waals surface area contributed by atoms with E-state index >= 15 is 0 Å². The van der Waals surface area contributed by atoms with E-state index in [4.69, 9.17) is 25.8 Å². The summed E-state index contributed by atoms with van der Waals surface area (Å²) < 4.78 is 17.1. The van der Waals surface area contributed by atoms with Gasteiger partial charge in [-0.3, -0.25) is 9.69 Å². The van der Waals surface area contributed by atoms with Gasteiger partial charge in [0, 0.05) is 32.2 Å². The highest BCUT2D eigenvalue weighted by Crippen LogP contribution is 2.38. The van der Waals surface area contributed by atoms with Gasteiger partial charge in [0.25, 0.3) is 0 Å². The molecular formula is C20H26ClNO5. The Bertz CT molecular complexity index is 697. The van der Waals surface area contributed by atoms with Crippen LogP contribution in [0.4, 0.5) is 0 Å². The minimum atomic E-state index is -0.706. The summed E-state index contributed by atoms with van der Waals surface area (Å²) in [5.41, 5.74) is 1.09. The molecule has 148 valence electrons. The van der Waals surface area contributed by atoms with Gasteiger partial charge < -0.3 is 19.3 Å². The number of carbonyl (C=O) groups is 1. The van der Waals surface area contributed by atoms with Gasteiger partial charge in [0.15, 0.2) is 11.5 Å². The molecule has 3 aliphatic rings. The van der Waals surface area contributed by atoms with Crippen molar-refractivity contribution < 1.29 is 24.1 Å². The Labute approximate surface area is 164 Å². The summed E-state index contributed by atoms with van der Waals surface area (Å²) >= 11 is 6.40. The lowest BCUT2D eigenvalue weighted by Crippen LogP contribution is -2.54. The van der Waals surface area contributed by atoms with Gasteiger partial charge in [-0.15, -0.1) is 0 Å². The molecule has 0 unspecified atom stereocenters. The second kappa shape index (κ2) is 8.25. The Morgan fingerprint density at radius 2 is 2.11 bits per heavy atom. The van der Waals surface area contributed by atoms with Crippen molar-refractivity contribution in [3.8, 4) is 11.5 Å². The van der Waals surface area contributed by atoms with E-state index in [1.807, 2.05) is 12.1 Å². The van der Waals surface area contributed by atoms with E-state index in [9.17, 15) is 9.90 Å². The van der Waals surface area contributed by atoms with E-state index < -0.39 is 5.97 Å². The molecule has 2 saturated heterocycles. The molecule has 0 aliphatic carbocycles. The number of likely N-dealkylation sites (tertiary alicyclic amines) is 1. The molecule has 0 amide bonds. The summed E-state index contributed by atoms with van der Waals surface area (Å²) in [5, 5.41) is 10.1. The number of halogens is 1. The van der Waals surface area contributed by atoms with Crippen LogP contribution in [0.2, 0.25) is 5.02 Å². The van der Waals surface area contributed by atoms with E-state index in [2.05, 4.69) is 4.90 Å². The Balaban J connectivity index is 1.47. The molecule has 1 aromatic rings. The summed E-state index contributed by atoms with van der Waals surface area (Å²) in [7, 11) is 0. The number of ether oxygens (including phenoxy) is 3. The summed E-state index contributed by atoms with van der Waals surface area (Å²) in [4.78, 5) is 13.9. The average molecular weight is 396 g/mol. The molecule has 3 atom stereocenters. The van der Waals surface area contributed by atoms with Crippen molar-refractivity contribution in [2.24, 2.45) is 11.8 Å². The van der Waals surface area contributed by atoms with Gasteiger partial charge in [0.2, 0.25) is 0 Å². The number of hydrogen-bond acceptors (Lipinski definition) is 5. The predicted molar refractivity (Wildman–Crippen MR) is 101 cm³/mol. The lowest BCUT2D eigenvalue weighted by Gasteiger charge is -2.46. The molecule has 0 bridgehead atoms. The van der Waals surface area contributed by atoms with E-state index in [0.717, 1.165) is 38.0 Å². The topological polar surface area (TPSA) is 68.2 Å². The number of hydrogen-bond donors (Lipinski definition) is 1. The first kappa shape index (κ1) is 18.8. The van der Waals surface area contributed by atoms with Gasteiger partial charge in [0.1, 0.15) is 0 Å². The fraction of sp³-hybridized carbons (Fsp3) is 0.650. The summed E-state index contributed by atoms with van der Waals surface area (Å²) in [6, 6.07) is 4.35. The van der Waals surface area contributed by atoms with Crippen molar-refractivity contribution >= 4 is 17.6 Å². The van der Waals surface area contributed by atoms with Crippen molar-refractivity contribution in [1.29, 1.82) is 0 Å². The fourth-order valence-electron chi connectivity index (χ4n) is 4.49. The molecule has 27 heavy (non-hydrogen) atoms. The van der Waals surface area contributed by atoms with Crippen LogP contribution in [0.3, 0.4) is 0 Å². The molecule has 0 radical (unpaired) electrons. The van der Waals surface area contributed by atoms with Crippen LogP contribution in [-0.4, -0.2) is 61.5 Å². The van der Waals surface area contributed by atoms with Gasteiger partial charge in [-0.25, -0.2) is 0 Å². The van der Waals surface area contributed by atoms with Crippen molar-refractivity contribution in [2.45, 2.75) is 31.7 Å². The quantitative estimate of drug-likeness (QED) is 0.845. The van der Waals surface area contributed by atoms with Crippen LogP contribution in [0, 0.1) is 11.8 Å². The smallest absolute Gasteiger partial charge is 0.307 e. The Hall–Kier alpha value is -1.50.